The zero-order chi connectivity index (χ0) is 23.9. The van der Waals surface area contributed by atoms with Gasteiger partial charge in [-0.05, 0) is 53.3 Å². The summed E-state index contributed by atoms with van der Waals surface area (Å²) in [5.74, 6) is 1.62. The van der Waals surface area contributed by atoms with Crippen LogP contribution in [0.2, 0.25) is 5.02 Å². The number of fused-ring (bicyclic) bond motifs is 4. The minimum atomic E-state index is -0.330. The Morgan fingerprint density at radius 3 is 2.77 bits per heavy atom. The second-order valence-electron chi connectivity index (χ2n) is 8.68. The molecule has 2 N–H and O–H groups in total. The van der Waals surface area contributed by atoms with E-state index in [4.69, 9.17) is 21.1 Å². The van der Waals surface area contributed by atoms with Crippen LogP contribution in [0, 0.1) is 0 Å². The van der Waals surface area contributed by atoms with E-state index in [2.05, 4.69) is 20.3 Å². The van der Waals surface area contributed by atoms with E-state index in [1.54, 1.807) is 6.07 Å². The second-order valence-corrected chi connectivity index (χ2v) is 9.11. The lowest BCUT2D eigenvalue weighted by atomic mass is 9.79. The summed E-state index contributed by atoms with van der Waals surface area (Å²) < 4.78 is 11.2. The fourth-order valence-electron chi connectivity index (χ4n) is 4.73. The van der Waals surface area contributed by atoms with E-state index in [0.717, 1.165) is 16.9 Å². The first-order chi connectivity index (χ1) is 17.0. The summed E-state index contributed by atoms with van der Waals surface area (Å²) in [7, 11) is 0. The van der Waals surface area contributed by atoms with Gasteiger partial charge >= 0.3 is 0 Å². The number of Topliss-reactive ketones (excluding diaryl/α,β-unsaturated/α-hetero) is 1. The van der Waals surface area contributed by atoms with E-state index < -0.39 is 0 Å². The number of aromatic amines is 1. The Bertz CT molecular complexity index is 1530. The summed E-state index contributed by atoms with van der Waals surface area (Å²) in [5, 5.41) is 4.12. The number of carbonyl (C=O) groups is 1. The molecule has 0 saturated heterocycles. The summed E-state index contributed by atoms with van der Waals surface area (Å²) in [5.41, 5.74) is 3.07. The molecule has 176 valence electrons. The van der Waals surface area contributed by atoms with Crippen LogP contribution in [0.4, 0.5) is 5.95 Å². The lowest BCUT2D eigenvalue weighted by Crippen LogP contribution is -2.23. The summed E-state index contributed by atoms with van der Waals surface area (Å²) in [6.45, 7) is 1.47. The van der Waals surface area contributed by atoms with Gasteiger partial charge in [-0.1, -0.05) is 29.8 Å². The van der Waals surface area contributed by atoms with Crippen molar-refractivity contribution in [1.29, 1.82) is 0 Å². The van der Waals surface area contributed by atoms with E-state index in [9.17, 15) is 9.59 Å². The molecule has 0 fully saturated rings. The Hall–Kier alpha value is -3.91. The van der Waals surface area contributed by atoms with Crippen LogP contribution in [0.1, 0.15) is 39.4 Å². The topological polar surface area (TPSA) is 106 Å². The molecular formula is C26H21ClN4O4. The predicted octanol–water partition coefficient (Wildman–Crippen LogP) is 4.27. The molecule has 8 nitrogen and oxygen atoms in total. The number of hydrogen-bond acceptors (Lipinski definition) is 7. The van der Waals surface area contributed by atoms with Gasteiger partial charge in [-0.15, -0.1) is 0 Å². The number of halogens is 1. The number of benzene rings is 2. The third kappa shape index (κ3) is 4.10. The van der Waals surface area contributed by atoms with E-state index in [1.165, 1.54) is 6.20 Å². The van der Waals surface area contributed by atoms with Crippen LogP contribution in [0.5, 0.6) is 11.5 Å². The maximum Gasteiger partial charge on any atom is 0.262 e. The molecule has 0 amide bonds. The predicted molar refractivity (Wildman–Crippen MR) is 132 cm³/mol. The quantitative estimate of drug-likeness (QED) is 0.442. The first-order valence-electron chi connectivity index (χ1n) is 11.4. The molecule has 4 aromatic rings. The molecule has 1 aliphatic heterocycles. The molecule has 0 radical (unpaired) electrons. The maximum absolute atomic E-state index is 13.1. The first-order valence-corrected chi connectivity index (χ1v) is 11.8. The molecule has 0 saturated carbocycles. The molecule has 1 atom stereocenters. The van der Waals surface area contributed by atoms with Crippen molar-refractivity contribution in [3.05, 3.63) is 86.3 Å². The van der Waals surface area contributed by atoms with Gasteiger partial charge in [0.2, 0.25) is 5.95 Å². The number of pyridine rings is 1. The zero-order valence-corrected chi connectivity index (χ0v) is 19.4. The number of hydrogen-bond donors (Lipinski definition) is 2. The average molecular weight is 489 g/mol. The molecule has 2 aromatic carbocycles. The molecule has 6 rings (SSSR count). The monoisotopic (exact) mass is 488 g/mol. The molecule has 2 aliphatic rings. The van der Waals surface area contributed by atoms with Gasteiger partial charge in [0.25, 0.3) is 5.56 Å². The third-order valence-electron chi connectivity index (χ3n) is 6.41. The fourth-order valence-corrected chi connectivity index (χ4v) is 4.93. The smallest absolute Gasteiger partial charge is 0.262 e. The highest BCUT2D eigenvalue weighted by molar-refractivity contribution is 6.30. The molecule has 3 heterocycles. The van der Waals surface area contributed by atoms with Crippen molar-refractivity contribution in [3.8, 4) is 11.5 Å². The number of nitrogens with zero attached hydrogens (tertiary/aromatic N) is 2. The van der Waals surface area contributed by atoms with Crippen molar-refractivity contribution in [3.63, 3.8) is 0 Å². The van der Waals surface area contributed by atoms with E-state index >= 15 is 0 Å². The second kappa shape index (κ2) is 8.70. The maximum atomic E-state index is 13.1. The summed E-state index contributed by atoms with van der Waals surface area (Å²) in [4.78, 5) is 37.7. The number of rotatable bonds is 4. The van der Waals surface area contributed by atoms with E-state index in [0.29, 0.717) is 71.5 Å². The third-order valence-corrected chi connectivity index (χ3v) is 6.65. The Balaban J connectivity index is 1.30. The van der Waals surface area contributed by atoms with Crippen molar-refractivity contribution >= 4 is 34.4 Å². The molecule has 35 heavy (non-hydrogen) atoms. The van der Waals surface area contributed by atoms with Gasteiger partial charge in [-0.3, -0.25) is 14.6 Å². The van der Waals surface area contributed by atoms with Crippen LogP contribution >= 0.6 is 11.6 Å². The Morgan fingerprint density at radius 1 is 1.06 bits per heavy atom. The molecular weight excluding hydrogens is 468 g/mol. The highest BCUT2D eigenvalue weighted by atomic mass is 35.5. The van der Waals surface area contributed by atoms with E-state index in [-0.39, 0.29) is 17.3 Å². The van der Waals surface area contributed by atoms with Gasteiger partial charge in [0.15, 0.2) is 22.9 Å². The van der Waals surface area contributed by atoms with Gasteiger partial charge in [0.05, 0.1) is 5.39 Å². The lowest BCUT2D eigenvalue weighted by molar-refractivity contribution is 0.0964. The molecule has 2 aromatic heterocycles. The first kappa shape index (κ1) is 21.6. The van der Waals surface area contributed by atoms with Gasteiger partial charge in [-0.2, -0.15) is 4.98 Å². The van der Waals surface area contributed by atoms with Crippen molar-refractivity contribution in [2.75, 3.05) is 18.5 Å². The van der Waals surface area contributed by atoms with Crippen LogP contribution in [0.25, 0.3) is 11.0 Å². The van der Waals surface area contributed by atoms with Gasteiger partial charge in [0.1, 0.15) is 13.2 Å². The average Bonchev–Trinajstić information content (AvgIpc) is 2.87. The van der Waals surface area contributed by atoms with Crippen LogP contribution in [0.3, 0.4) is 0 Å². The Morgan fingerprint density at radius 2 is 1.91 bits per heavy atom. The van der Waals surface area contributed by atoms with Crippen LogP contribution in [0.15, 0.2) is 53.5 Å². The molecule has 1 unspecified atom stereocenters. The Kier molecular flexibility index (Phi) is 5.37. The number of nitrogens with one attached hydrogen (secondary N) is 2. The van der Waals surface area contributed by atoms with Crippen molar-refractivity contribution in [2.24, 2.45) is 0 Å². The van der Waals surface area contributed by atoms with Gasteiger partial charge < -0.3 is 14.8 Å². The minimum absolute atomic E-state index is 0.0363. The molecule has 1 aliphatic carbocycles. The number of aromatic nitrogens is 3. The SMILES string of the molecule is O=C1CC(c2cccc(Cl)c2)Cc2c1cnc1nc(NCc3ccc4c(c3)OCCO4)[nH]c(=O)c21. The number of H-pyrrole nitrogens is 1. The van der Waals surface area contributed by atoms with Crippen molar-refractivity contribution < 1.29 is 14.3 Å². The lowest BCUT2D eigenvalue weighted by Gasteiger charge is -2.24. The molecule has 0 spiro atoms. The number of ether oxygens (including phenoxy) is 2. The van der Waals surface area contributed by atoms with Crippen molar-refractivity contribution in [2.45, 2.75) is 25.3 Å². The van der Waals surface area contributed by atoms with Crippen LogP contribution in [-0.2, 0) is 13.0 Å². The van der Waals surface area contributed by atoms with Gasteiger partial charge in [-0.25, -0.2) is 4.98 Å². The highest BCUT2D eigenvalue weighted by Gasteiger charge is 2.29. The normalized spacial score (nSPS) is 16.7. The largest absolute Gasteiger partial charge is 0.486 e. The molecule has 9 heteroatoms. The fraction of sp³-hybridized carbons (Fsp3) is 0.231. The van der Waals surface area contributed by atoms with Crippen LogP contribution in [-0.4, -0.2) is 33.9 Å². The summed E-state index contributed by atoms with van der Waals surface area (Å²) in [6.07, 6.45) is 2.42. The molecule has 0 bridgehead atoms. The van der Waals surface area contributed by atoms with E-state index in [1.807, 2.05) is 36.4 Å². The Labute approximate surface area is 205 Å². The summed E-state index contributed by atoms with van der Waals surface area (Å²) in [6, 6.07) is 13.2. The minimum Gasteiger partial charge on any atom is -0.486 e. The number of carbonyl (C=O) groups excluding carboxylic acids is 1. The standard InChI is InChI=1S/C26H21ClN4O4/c27-17-3-1-2-15(9-17)16-10-18-19(20(32)11-16)13-28-24-23(18)25(33)31-26(30-24)29-12-14-4-5-21-22(8-14)35-7-6-34-21/h1-5,8-9,13,16H,6-7,10-12H2,(H2,28,29,30,31,33). The summed E-state index contributed by atoms with van der Waals surface area (Å²) >= 11 is 6.17. The number of ketones is 1. The van der Waals surface area contributed by atoms with Gasteiger partial charge in [0, 0.05) is 29.7 Å². The van der Waals surface area contributed by atoms with Crippen molar-refractivity contribution in [1.82, 2.24) is 15.0 Å². The van der Waals surface area contributed by atoms with Crippen LogP contribution < -0.4 is 20.3 Å². The number of anilines is 1. The highest BCUT2D eigenvalue weighted by Crippen LogP contribution is 2.35. The zero-order valence-electron chi connectivity index (χ0n) is 18.6.